The van der Waals surface area contributed by atoms with Crippen LogP contribution in [0.4, 0.5) is 9.18 Å². The molecule has 3 heterocycles. The Hall–Kier alpha value is -2.24. The number of nitrogens with zero attached hydrogens (tertiary/aromatic N) is 2. The average molecular weight is 553 g/mol. The molecule has 0 radical (unpaired) electrons. The van der Waals surface area contributed by atoms with Crippen LogP contribution in [0.15, 0.2) is 51.5 Å². The van der Waals surface area contributed by atoms with E-state index in [1.165, 1.54) is 24.0 Å². The first kappa shape index (κ1) is 24.9. The maximum atomic E-state index is 15.2. The molecule has 0 bridgehead atoms. The number of hydrogen-bond acceptors (Lipinski definition) is 7. The maximum absolute atomic E-state index is 15.2. The van der Waals surface area contributed by atoms with Gasteiger partial charge in [0, 0.05) is 34.5 Å². The van der Waals surface area contributed by atoms with Gasteiger partial charge in [-0.2, -0.15) is 0 Å². The quantitative estimate of drug-likeness (QED) is 0.563. The highest BCUT2D eigenvalue weighted by Gasteiger charge is 2.54. The molecule has 0 spiro atoms. The van der Waals surface area contributed by atoms with Gasteiger partial charge in [0.1, 0.15) is 17.1 Å². The number of halogens is 2. The van der Waals surface area contributed by atoms with E-state index in [0.717, 1.165) is 10.9 Å². The maximum Gasteiger partial charge on any atom is 0.413 e. The van der Waals surface area contributed by atoms with Crippen LogP contribution in [0.5, 0.6) is 0 Å². The van der Waals surface area contributed by atoms with Gasteiger partial charge in [-0.3, -0.25) is 10.1 Å². The normalized spacial score (nSPS) is 26.6. The van der Waals surface area contributed by atoms with E-state index in [0.29, 0.717) is 23.2 Å². The molecule has 2 unspecified atom stereocenters. The van der Waals surface area contributed by atoms with Gasteiger partial charge in [0.2, 0.25) is 0 Å². The summed E-state index contributed by atoms with van der Waals surface area (Å²) in [7, 11) is 0. The van der Waals surface area contributed by atoms with E-state index in [-0.39, 0.29) is 29.8 Å². The lowest BCUT2D eigenvalue weighted by atomic mass is 9.80. The summed E-state index contributed by atoms with van der Waals surface area (Å²) in [4.78, 5) is 33.7. The number of allylic oxidation sites excluding steroid dienone is 3. The third-order valence-electron chi connectivity index (χ3n) is 5.62. The fourth-order valence-electron chi connectivity index (χ4n) is 4.14. The Morgan fingerprint density at radius 3 is 2.79 bits per heavy atom. The molecule has 3 aliphatic rings. The first-order chi connectivity index (χ1) is 16.1. The van der Waals surface area contributed by atoms with Gasteiger partial charge in [0.05, 0.1) is 12.5 Å². The van der Waals surface area contributed by atoms with Crippen molar-refractivity contribution >= 4 is 44.9 Å². The number of carbonyl (C=O) groups excluding carboxylic acids is 2. The van der Waals surface area contributed by atoms with Crippen LogP contribution in [-0.2, 0) is 9.47 Å². The molecule has 1 aliphatic carbocycles. The summed E-state index contributed by atoms with van der Waals surface area (Å²) in [5.74, 6) is -0.917. The Bertz CT molecular complexity index is 1070. The summed E-state index contributed by atoms with van der Waals surface area (Å²) < 4.78 is 27.3. The standard InChI is InChI=1S/C23H26BrFN4O4S/c1-22(2,3)33-21(31)28-20-29-23(13(12-34-20)8-9-32-23)16-10-15(5-6-17(16)25)27-19(30)18-7-4-14(24)11-26-18/h4-7,11,13,16H,8-10,12H2,1-3H3,(H,27,30)(H,28,29,31)/t13?,16?,23-/m1/s1. The number of rotatable bonds is 3. The van der Waals surface area contributed by atoms with E-state index < -0.39 is 23.3 Å². The van der Waals surface area contributed by atoms with Crippen LogP contribution in [-0.4, -0.2) is 45.8 Å². The summed E-state index contributed by atoms with van der Waals surface area (Å²) in [6.45, 7) is 5.75. The molecule has 2 N–H and O–H groups in total. The molecule has 8 nitrogen and oxygen atoms in total. The van der Waals surface area contributed by atoms with Gasteiger partial charge < -0.3 is 14.8 Å². The Balaban J connectivity index is 1.53. The van der Waals surface area contributed by atoms with Gasteiger partial charge in [-0.15, -0.1) is 0 Å². The van der Waals surface area contributed by atoms with Crippen molar-refractivity contribution < 1.29 is 23.5 Å². The monoisotopic (exact) mass is 552 g/mol. The average Bonchev–Trinajstić information content (AvgIpc) is 3.18. The van der Waals surface area contributed by atoms with Crippen molar-refractivity contribution in [3.8, 4) is 0 Å². The Kier molecular flexibility index (Phi) is 7.16. The van der Waals surface area contributed by atoms with Crippen LogP contribution < -0.4 is 10.6 Å². The molecule has 182 valence electrons. The van der Waals surface area contributed by atoms with Gasteiger partial charge in [-0.25, -0.2) is 19.2 Å². The molecule has 1 fully saturated rings. The number of amidine groups is 1. The number of ether oxygens (including phenoxy) is 2. The summed E-state index contributed by atoms with van der Waals surface area (Å²) in [6, 6.07) is 3.33. The molecule has 34 heavy (non-hydrogen) atoms. The lowest BCUT2D eigenvalue weighted by molar-refractivity contribution is -0.0534. The Labute approximate surface area is 210 Å². The van der Waals surface area contributed by atoms with Crippen LogP contribution in [0, 0.1) is 11.8 Å². The van der Waals surface area contributed by atoms with Crippen molar-refractivity contribution in [1.82, 2.24) is 15.6 Å². The zero-order valence-electron chi connectivity index (χ0n) is 19.1. The lowest BCUT2D eigenvalue weighted by Crippen LogP contribution is -2.49. The summed E-state index contributed by atoms with van der Waals surface area (Å²) in [5.41, 5.74) is -1.04. The number of carbonyl (C=O) groups is 2. The minimum atomic E-state index is -1.17. The van der Waals surface area contributed by atoms with Crippen LogP contribution >= 0.6 is 27.7 Å². The predicted molar refractivity (Wildman–Crippen MR) is 131 cm³/mol. The predicted octanol–water partition coefficient (Wildman–Crippen LogP) is 4.69. The number of aromatic nitrogens is 1. The first-order valence-corrected chi connectivity index (χ1v) is 12.7. The van der Waals surface area contributed by atoms with Gasteiger partial charge in [0.25, 0.3) is 5.91 Å². The number of fused-ring (bicyclic) bond motifs is 1. The molecule has 1 saturated heterocycles. The molecule has 2 aliphatic heterocycles. The lowest BCUT2D eigenvalue weighted by Gasteiger charge is -2.41. The number of aliphatic imine (C=N–C) groups is 1. The number of hydrogen-bond donors (Lipinski definition) is 2. The number of nitrogens with one attached hydrogen (secondary N) is 2. The number of amides is 2. The highest BCUT2D eigenvalue weighted by Crippen LogP contribution is 2.50. The second-order valence-electron chi connectivity index (χ2n) is 9.26. The van der Waals surface area contributed by atoms with Crippen molar-refractivity contribution in [3.05, 3.63) is 52.2 Å². The van der Waals surface area contributed by atoms with Crippen LogP contribution in [0.1, 0.15) is 44.1 Å². The van der Waals surface area contributed by atoms with E-state index in [1.807, 2.05) is 0 Å². The van der Waals surface area contributed by atoms with Crippen LogP contribution in [0.25, 0.3) is 0 Å². The van der Waals surface area contributed by atoms with Crippen molar-refractivity contribution in [3.63, 3.8) is 0 Å². The third-order valence-corrected chi connectivity index (χ3v) is 7.13. The molecular formula is C23H26BrFN4O4S. The summed E-state index contributed by atoms with van der Waals surface area (Å²) in [6.07, 6.45) is 4.72. The van der Waals surface area contributed by atoms with Gasteiger partial charge in [-0.1, -0.05) is 11.8 Å². The van der Waals surface area contributed by atoms with E-state index in [1.54, 1.807) is 39.0 Å². The smallest absolute Gasteiger partial charge is 0.413 e. The fraction of sp³-hybridized carbons (Fsp3) is 0.478. The summed E-state index contributed by atoms with van der Waals surface area (Å²) >= 11 is 4.68. The molecule has 4 rings (SSSR count). The van der Waals surface area contributed by atoms with Crippen LogP contribution in [0.3, 0.4) is 0 Å². The number of alkyl carbamates (subject to hydrolysis) is 1. The van der Waals surface area contributed by atoms with Crippen LogP contribution in [0.2, 0.25) is 0 Å². The number of pyridine rings is 1. The zero-order valence-corrected chi connectivity index (χ0v) is 21.5. The second-order valence-corrected chi connectivity index (χ2v) is 11.2. The first-order valence-electron chi connectivity index (χ1n) is 10.9. The zero-order chi connectivity index (χ0) is 24.5. The number of thioether (sulfide) groups is 1. The molecular weight excluding hydrogens is 527 g/mol. The molecule has 0 aromatic carbocycles. The van der Waals surface area contributed by atoms with E-state index >= 15 is 4.39 Å². The summed E-state index contributed by atoms with van der Waals surface area (Å²) in [5, 5.41) is 5.83. The highest BCUT2D eigenvalue weighted by molar-refractivity contribution is 9.10. The van der Waals surface area contributed by atoms with Gasteiger partial charge in [0.15, 0.2) is 10.9 Å². The Morgan fingerprint density at radius 1 is 1.29 bits per heavy atom. The molecule has 0 saturated carbocycles. The van der Waals surface area contributed by atoms with Crippen molar-refractivity contribution in [1.29, 1.82) is 0 Å². The topological polar surface area (TPSA) is 102 Å². The van der Waals surface area contributed by atoms with E-state index in [9.17, 15) is 9.59 Å². The van der Waals surface area contributed by atoms with Crippen molar-refractivity contribution in [2.45, 2.75) is 44.9 Å². The molecule has 11 heteroatoms. The third kappa shape index (κ3) is 5.52. The molecule has 1 aromatic rings. The van der Waals surface area contributed by atoms with Crippen molar-refractivity contribution in [2.24, 2.45) is 16.8 Å². The fourth-order valence-corrected chi connectivity index (χ4v) is 5.50. The van der Waals surface area contributed by atoms with E-state index in [4.69, 9.17) is 14.5 Å². The second kappa shape index (κ2) is 9.79. The SMILES string of the molecule is CC(C)(C)OC(=O)NC1=N[C@@]2(C3CC(NC(=O)c4ccc(Br)cn4)=CC=C3F)OCCC2CS1. The minimum absolute atomic E-state index is 0.0333. The van der Waals surface area contributed by atoms with Crippen molar-refractivity contribution in [2.75, 3.05) is 12.4 Å². The highest BCUT2D eigenvalue weighted by atomic mass is 79.9. The molecule has 3 atom stereocenters. The Morgan fingerprint density at radius 2 is 2.09 bits per heavy atom. The van der Waals surface area contributed by atoms with E-state index in [2.05, 4.69) is 31.5 Å². The molecule has 2 amide bonds. The van der Waals surface area contributed by atoms with Gasteiger partial charge in [-0.05, 0) is 67.4 Å². The largest absolute Gasteiger partial charge is 0.444 e. The van der Waals surface area contributed by atoms with Gasteiger partial charge >= 0.3 is 6.09 Å². The molecule has 1 aromatic heterocycles. The minimum Gasteiger partial charge on any atom is -0.444 e.